The lowest BCUT2D eigenvalue weighted by atomic mass is 9.99. The van der Waals surface area contributed by atoms with E-state index in [1.54, 1.807) is 7.11 Å². The summed E-state index contributed by atoms with van der Waals surface area (Å²) in [5.74, 6) is 1.33. The summed E-state index contributed by atoms with van der Waals surface area (Å²) in [6.45, 7) is 9.19. The van der Waals surface area contributed by atoms with Crippen molar-refractivity contribution < 1.29 is 4.74 Å². The van der Waals surface area contributed by atoms with Crippen LogP contribution in [0.5, 0.6) is 0 Å². The Balaban J connectivity index is 1.77. The van der Waals surface area contributed by atoms with E-state index in [0.717, 1.165) is 32.2 Å². The molecule has 0 aromatic heterocycles. The van der Waals surface area contributed by atoms with E-state index in [2.05, 4.69) is 58.6 Å². The molecular weight excluding hydrogens is 312 g/mol. The SMILES string of the molecule is CN=C(NCC(C)c1cccc(C)c1)NCC1CCCN1CCOC. The number of likely N-dealkylation sites (tertiary alicyclic amines) is 1. The Kier molecular flexibility index (Phi) is 8.22. The van der Waals surface area contributed by atoms with Gasteiger partial charge in [-0.1, -0.05) is 36.8 Å². The highest BCUT2D eigenvalue weighted by Crippen LogP contribution is 2.16. The Hall–Kier alpha value is -1.59. The van der Waals surface area contributed by atoms with Crippen molar-refractivity contribution in [3.05, 3.63) is 35.4 Å². The van der Waals surface area contributed by atoms with Gasteiger partial charge in [0.25, 0.3) is 0 Å². The fraction of sp³-hybridized carbons (Fsp3) is 0.650. The standard InChI is InChI=1S/C20H34N4O/c1-16-7-5-8-18(13-16)17(2)14-22-20(21-3)23-15-19-9-6-10-24(19)11-12-25-4/h5,7-8,13,17,19H,6,9-12,14-15H2,1-4H3,(H2,21,22,23). The summed E-state index contributed by atoms with van der Waals surface area (Å²) in [6, 6.07) is 9.29. The molecule has 2 rings (SSSR count). The first-order chi connectivity index (χ1) is 12.1. The number of nitrogens with one attached hydrogen (secondary N) is 2. The van der Waals surface area contributed by atoms with Gasteiger partial charge in [0.05, 0.1) is 6.61 Å². The lowest BCUT2D eigenvalue weighted by Crippen LogP contribution is -2.46. The molecule has 0 bridgehead atoms. The minimum absolute atomic E-state index is 0.447. The monoisotopic (exact) mass is 346 g/mol. The van der Waals surface area contributed by atoms with Crippen LogP contribution in [0.1, 0.15) is 36.8 Å². The Morgan fingerprint density at radius 2 is 2.24 bits per heavy atom. The first kappa shape index (κ1) is 19.7. The average Bonchev–Trinajstić information content (AvgIpc) is 3.07. The molecule has 1 heterocycles. The molecule has 0 radical (unpaired) electrons. The summed E-state index contributed by atoms with van der Waals surface area (Å²) < 4.78 is 5.22. The lowest BCUT2D eigenvalue weighted by Gasteiger charge is -2.25. The molecule has 5 nitrogen and oxygen atoms in total. The highest BCUT2D eigenvalue weighted by molar-refractivity contribution is 5.79. The van der Waals surface area contributed by atoms with Gasteiger partial charge in [-0.3, -0.25) is 9.89 Å². The number of rotatable bonds is 8. The van der Waals surface area contributed by atoms with Crippen molar-refractivity contribution in [3.8, 4) is 0 Å². The zero-order valence-corrected chi connectivity index (χ0v) is 16.2. The third-order valence-electron chi connectivity index (χ3n) is 5.00. The molecule has 1 saturated heterocycles. The van der Waals surface area contributed by atoms with Crippen LogP contribution in [-0.4, -0.2) is 63.8 Å². The molecule has 0 saturated carbocycles. The first-order valence-electron chi connectivity index (χ1n) is 9.38. The molecule has 2 N–H and O–H groups in total. The molecule has 2 atom stereocenters. The van der Waals surface area contributed by atoms with Crippen LogP contribution in [0.3, 0.4) is 0 Å². The molecule has 25 heavy (non-hydrogen) atoms. The highest BCUT2D eigenvalue weighted by atomic mass is 16.5. The number of aliphatic imine (C=N–C) groups is 1. The molecule has 2 unspecified atom stereocenters. The predicted octanol–water partition coefficient (Wildman–Crippen LogP) is 2.37. The number of hydrogen-bond acceptors (Lipinski definition) is 3. The van der Waals surface area contributed by atoms with Crippen molar-refractivity contribution in [3.63, 3.8) is 0 Å². The second-order valence-corrected chi connectivity index (χ2v) is 6.97. The normalized spacial score (nSPS) is 19.8. The van der Waals surface area contributed by atoms with Gasteiger partial charge in [-0.25, -0.2) is 0 Å². The minimum Gasteiger partial charge on any atom is -0.383 e. The maximum absolute atomic E-state index is 5.22. The average molecular weight is 347 g/mol. The quantitative estimate of drug-likeness (QED) is 0.560. The second-order valence-electron chi connectivity index (χ2n) is 6.97. The van der Waals surface area contributed by atoms with E-state index in [9.17, 15) is 0 Å². The first-order valence-corrected chi connectivity index (χ1v) is 9.38. The van der Waals surface area contributed by atoms with Crippen molar-refractivity contribution in [1.29, 1.82) is 0 Å². The van der Waals surface area contributed by atoms with Gasteiger partial charge in [-0.05, 0) is 37.8 Å². The van der Waals surface area contributed by atoms with Crippen LogP contribution in [-0.2, 0) is 4.74 Å². The third-order valence-corrected chi connectivity index (χ3v) is 5.00. The van der Waals surface area contributed by atoms with E-state index in [1.807, 2.05) is 7.05 Å². The fourth-order valence-electron chi connectivity index (χ4n) is 3.41. The van der Waals surface area contributed by atoms with Crippen LogP contribution in [0.4, 0.5) is 0 Å². The predicted molar refractivity (Wildman–Crippen MR) is 105 cm³/mol. The molecule has 0 spiro atoms. The number of nitrogens with zero attached hydrogens (tertiary/aromatic N) is 2. The van der Waals surface area contributed by atoms with Gasteiger partial charge in [0.1, 0.15) is 0 Å². The van der Waals surface area contributed by atoms with Crippen LogP contribution in [0.2, 0.25) is 0 Å². The Labute approximate surface area is 152 Å². The second kappa shape index (κ2) is 10.4. The smallest absolute Gasteiger partial charge is 0.191 e. The van der Waals surface area contributed by atoms with Crippen molar-refractivity contribution in [2.24, 2.45) is 4.99 Å². The number of methoxy groups -OCH3 is 1. The van der Waals surface area contributed by atoms with Gasteiger partial charge < -0.3 is 15.4 Å². The zero-order valence-electron chi connectivity index (χ0n) is 16.2. The van der Waals surface area contributed by atoms with Gasteiger partial charge in [-0.2, -0.15) is 0 Å². The maximum atomic E-state index is 5.22. The molecule has 0 amide bonds. The van der Waals surface area contributed by atoms with Gasteiger partial charge in [0.2, 0.25) is 0 Å². The number of benzene rings is 1. The van der Waals surface area contributed by atoms with Gasteiger partial charge in [0, 0.05) is 39.8 Å². The molecule has 5 heteroatoms. The zero-order chi connectivity index (χ0) is 18.1. The summed E-state index contributed by atoms with van der Waals surface area (Å²) in [5.41, 5.74) is 2.67. The molecule has 1 aromatic rings. The number of aryl methyl sites for hydroxylation is 1. The number of hydrogen-bond donors (Lipinski definition) is 2. The number of ether oxygens (including phenoxy) is 1. The van der Waals surface area contributed by atoms with Crippen molar-refractivity contribution in [2.45, 2.75) is 38.6 Å². The lowest BCUT2D eigenvalue weighted by molar-refractivity contribution is 0.141. The summed E-state index contributed by atoms with van der Waals surface area (Å²) in [6.07, 6.45) is 2.51. The fourth-order valence-corrected chi connectivity index (χ4v) is 3.41. The molecular formula is C20H34N4O. The molecule has 1 aliphatic heterocycles. The largest absolute Gasteiger partial charge is 0.383 e. The molecule has 0 aliphatic carbocycles. The topological polar surface area (TPSA) is 48.9 Å². The van der Waals surface area contributed by atoms with Crippen LogP contribution in [0.15, 0.2) is 29.3 Å². The molecule has 1 aromatic carbocycles. The van der Waals surface area contributed by atoms with Crippen molar-refractivity contribution in [2.75, 3.05) is 46.9 Å². The summed E-state index contributed by atoms with van der Waals surface area (Å²) in [5, 5.41) is 6.96. The Morgan fingerprint density at radius 3 is 2.96 bits per heavy atom. The van der Waals surface area contributed by atoms with E-state index in [0.29, 0.717) is 12.0 Å². The summed E-state index contributed by atoms with van der Waals surface area (Å²) >= 11 is 0. The summed E-state index contributed by atoms with van der Waals surface area (Å²) in [7, 11) is 3.61. The van der Waals surface area contributed by atoms with Gasteiger partial charge in [0.15, 0.2) is 5.96 Å². The van der Waals surface area contributed by atoms with E-state index in [4.69, 9.17) is 4.74 Å². The van der Waals surface area contributed by atoms with E-state index in [1.165, 1.54) is 30.5 Å². The van der Waals surface area contributed by atoms with E-state index in [-0.39, 0.29) is 0 Å². The van der Waals surface area contributed by atoms with Gasteiger partial charge >= 0.3 is 0 Å². The van der Waals surface area contributed by atoms with Crippen LogP contribution >= 0.6 is 0 Å². The third kappa shape index (κ3) is 6.33. The van der Waals surface area contributed by atoms with Gasteiger partial charge in [-0.15, -0.1) is 0 Å². The minimum atomic E-state index is 0.447. The van der Waals surface area contributed by atoms with Crippen molar-refractivity contribution in [1.82, 2.24) is 15.5 Å². The molecule has 1 fully saturated rings. The molecule has 1 aliphatic rings. The number of guanidine groups is 1. The highest BCUT2D eigenvalue weighted by Gasteiger charge is 2.24. The van der Waals surface area contributed by atoms with Crippen LogP contribution < -0.4 is 10.6 Å². The van der Waals surface area contributed by atoms with E-state index >= 15 is 0 Å². The van der Waals surface area contributed by atoms with Crippen LogP contribution in [0, 0.1) is 6.92 Å². The maximum Gasteiger partial charge on any atom is 0.191 e. The van der Waals surface area contributed by atoms with Crippen LogP contribution in [0.25, 0.3) is 0 Å². The summed E-state index contributed by atoms with van der Waals surface area (Å²) in [4.78, 5) is 6.88. The van der Waals surface area contributed by atoms with Crippen molar-refractivity contribution >= 4 is 5.96 Å². The Morgan fingerprint density at radius 1 is 1.40 bits per heavy atom. The Bertz CT molecular complexity index is 546. The molecule has 140 valence electrons. The van der Waals surface area contributed by atoms with E-state index < -0.39 is 0 Å².